The Balaban J connectivity index is 0.00000173. The fourth-order valence-corrected chi connectivity index (χ4v) is 2.64. The van der Waals surface area contributed by atoms with Gasteiger partial charge in [0.2, 0.25) is 0 Å². The maximum Gasteiger partial charge on any atom is 0.485 e. The number of rotatable bonds is 8. The molecule has 228 valence electrons. The molecule has 0 atom stereocenters. The van der Waals surface area contributed by atoms with E-state index in [2.05, 4.69) is 14.2 Å². The molecule has 0 saturated carbocycles. The highest BCUT2D eigenvalue weighted by atomic mass is 32.2. The molecule has 41 heavy (non-hydrogen) atoms. The molecule has 0 fully saturated rings. The Bertz CT molecular complexity index is 1320. The molecule has 0 amide bonds. The second-order valence-electron chi connectivity index (χ2n) is 7.19. The highest BCUT2D eigenvalue weighted by molar-refractivity contribution is 7.86. The Morgan fingerprint density at radius 3 is 1.32 bits per heavy atom. The van der Waals surface area contributed by atoms with E-state index in [1.54, 1.807) is 31.1 Å². The molecule has 1 rings (SSSR count). The first-order valence-electron chi connectivity index (χ1n) is 10.5. The summed E-state index contributed by atoms with van der Waals surface area (Å²) in [4.78, 5) is 65.0. The van der Waals surface area contributed by atoms with Gasteiger partial charge in [0.05, 0.1) is 35.5 Å². The summed E-state index contributed by atoms with van der Waals surface area (Å²) in [6.07, 6.45) is 2.80. The smallest absolute Gasteiger partial charge is 0.485 e. The van der Waals surface area contributed by atoms with Crippen molar-refractivity contribution < 1.29 is 78.4 Å². The number of nitrogens with zero attached hydrogens (tertiary/aromatic N) is 2. The Kier molecular flexibility index (Phi) is 13.6. The van der Waals surface area contributed by atoms with Crippen LogP contribution in [0.1, 0.15) is 0 Å². The maximum absolute atomic E-state index is 12.9. The minimum absolute atomic E-state index is 0.541. The van der Waals surface area contributed by atoms with Gasteiger partial charge in [0.1, 0.15) is 5.57 Å². The average Bonchev–Trinajstić information content (AvgIpc) is 2.92. The first-order chi connectivity index (χ1) is 18.8. The van der Waals surface area contributed by atoms with Gasteiger partial charge in [-0.05, 0) is 0 Å². The fourth-order valence-electron chi connectivity index (χ4n) is 2.64. The van der Waals surface area contributed by atoms with Gasteiger partial charge in [-0.3, -0.25) is 0 Å². The molecule has 15 nitrogen and oxygen atoms in total. The Hall–Kier alpha value is -4.52. The molecule has 0 aliphatic rings. The van der Waals surface area contributed by atoms with Crippen LogP contribution >= 0.6 is 0 Å². The normalized spacial score (nSPS) is 11.4. The van der Waals surface area contributed by atoms with Gasteiger partial charge in [-0.2, -0.15) is 17.7 Å². The number of esters is 5. The quantitative estimate of drug-likeness (QED) is 0.0417. The number of halogens is 3. The highest BCUT2D eigenvalue weighted by Crippen LogP contribution is 2.25. The van der Waals surface area contributed by atoms with Gasteiger partial charge in [-0.1, -0.05) is 0 Å². The maximum atomic E-state index is 12.9. The van der Waals surface area contributed by atoms with Crippen molar-refractivity contribution in [1.82, 2.24) is 0 Å². The van der Waals surface area contributed by atoms with Crippen molar-refractivity contribution in [3.8, 4) is 0 Å². The van der Waals surface area contributed by atoms with Crippen molar-refractivity contribution in [1.29, 1.82) is 0 Å². The summed E-state index contributed by atoms with van der Waals surface area (Å²) < 4.78 is 83.4. The van der Waals surface area contributed by atoms with Crippen molar-refractivity contribution in [3.63, 3.8) is 0 Å². The highest BCUT2D eigenvalue weighted by Gasteiger charge is 2.42. The van der Waals surface area contributed by atoms with E-state index in [-0.39, 0.29) is 0 Å². The summed E-state index contributed by atoms with van der Waals surface area (Å²) in [7, 11) is 2.32. The summed E-state index contributed by atoms with van der Waals surface area (Å²) in [6, 6.07) is 3.20. The molecule has 0 N–H and O–H groups in total. The molecule has 1 heterocycles. The van der Waals surface area contributed by atoms with Crippen LogP contribution in [0.15, 0.2) is 41.2 Å². The molecule has 1 aromatic heterocycles. The van der Waals surface area contributed by atoms with Gasteiger partial charge >= 0.3 is 41.1 Å². The van der Waals surface area contributed by atoms with Crippen LogP contribution < -0.4 is 9.47 Å². The third-order valence-electron chi connectivity index (χ3n) is 4.54. The molecule has 19 heteroatoms. The van der Waals surface area contributed by atoms with Crippen LogP contribution in [0.4, 0.5) is 18.9 Å². The molecule has 0 unspecified atom stereocenters. The molecular formula is C22H25F3N2O13S. The molecule has 0 aromatic carbocycles. The molecule has 0 spiro atoms. The van der Waals surface area contributed by atoms with Crippen LogP contribution in [0.3, 0.4) is 0 Å². The van der Waals surface area contributed by atoms with Gasteiger partial charge < -0.3 is 33.1 Å². The molecular weight excluding hydrogens is 589 g/mol. The largest absolute Gasteiger partial charge is 0.741 e. The lowest BCUT2D eigenvalue weighted by atomic mass is 9.97. The Morgan fingerprint density at radius 1 is 0.707 bits per heavy atom. The first kappa shape index (κ1) is 36.5. The van der Waals surface area contributed by atoms with E-state index in [1.165, 1.54) is 12.4 Å². The number of alkyl halides is 3. The molecule has 1 aromatic rings. The minimum atomic E-state index is -6.09. The summed E-state index contributed by atoms with van der Waals surface area (Å²) >= 11 is 0. The van der Waals surface area contributed by atoms with Gasteiger partial charge in [-0.25, -0.2) is 32.4 Å². The zero-order chi connectivity index (χ0) is 32.3. The predicted molar refractivity (Wildman–Crippen MR) is 127 cm³/mol. The van der Waals surface area contributed by atoms with E-state index in [1.807, 2.05) is 0 Å². The number of aromatic nitrogens is 1. The van der Waals surface area contributed by atoms with Gasteiger partial charge in [-0.15, -0.1) is 0 Å². The van der Waals surface area contributed by atoms with Crippen LogP contribution in [0.5, 0.6) is 0 Å². The van der Waals surface area contributed by atoms with Crippen molar-refractivity contribution >= 4 is 51.3 Å². The number of pyridine rings is 1. The second-order valence-corrected chi connectivity index (χ2v) is 8.56. The van der Waals surface area contributed by atoms with Crippen LogP contribution in [0, 0.1) is 0 Å². The summed E-state index contributed by atoms with van der Waals surface area (Å²) in [5.74, 6) is -6.28. The number of hydrogen-bond donors (Lipinski definition) is 0. The monoisotopic (exact) mass is 614 g/mol. The number of carbonyl (C=O) groups excluding carboxylic acids is 5. The number of hydrogen-bond acceptors (Lipinski definition) is 14. The lowest BCUT2D eigenvalue weighted by molar-refractivity contribution is -0.578. The lowest BCUT2D eigenvalue weighted by Crippen LogP contribution is -2.40. The van der Waals surface area contributed by atoms with Gasteiger partial charge in [0, 0.05) is 31.9 Å². The number of ether oxygens (including phenoxy) is 5. The van der Waals surface area contributed by atoms with E-state index in [9.17, 15) is 37.1 Å². The van der Waals surface area contributed by atoms with Crippen LogP contribution in [0.2, 0.25) is 0 Å². The van der Waals surface area contributed by atoms with E-state index in [0.29, 0.717) is 0 Å². The molecule has 0 aliphatic heterocycles. The molecule has 0 bridgehead atoms. The van der Waals surface area contributed by atoms with Crippen molar-refractivity contribution in [3.05, 3.63) is 41.2 Å². The Labute approximate surface area is 231 Å². The number of anilines is 1. The van der Waals surface area contributed by atoms with Crippen molar-refractivity contribution in [2.24, 2.45) is 0 Å². The third-order valence-corrected chi connectivity index (χ3v) is 5.11. The SMILES string of the molecule is COC(=O)C(C(=O)OC)=C(C(=O)OC)/C(C(=O)OC)=C(\C(=O)OC)[n+]1ccc(N(C)C)cc1.O=S(=O)([O-])C(F)(F)F. The topological polar surface area (TPSA) is 196 Å². The standard InChI is InChI=1S/C21H25N2O10.CHF3O3S/c1-22(2)12-8-10-23(11-9-12)16(21(28)33-7)14(18(25)30-4)13(17(24)29-3)15(19(26)31-5)20(27)32-6;2-1(3,4)8(5,6)7/h8-11H,1-7H3;(H,5,6,7)/q+1;/p-1/b16-14-;. The molecule has 0 aliphatic carbocycles. The summed E-state index contributed by atoms with van der Waals surface area (Å²) in [5, 5.41) is 0. The average molecular weight is 615 g/mol. The van der Waals surface area contributed by atoms with E-state index >= 15 is 0 Å². The zero-order valence-corrected chi connectivity index (χ0v) is 23.4. The molecule has 0 saturated heterocycles. The Morgan fingerprint density at radius 2 is 1.02 bits per heavy atom. The van der Waals surface area contributed by atoms with Crippen molar-refractivity contribution in [2.45, 2.75) is 5.51 Å². The van der Waals surface area contributed by atoms with Crippen molar-refractivity contribution in [2.75, 3.05) is 54.5 Å². The third kappa shape index (κ3) is 9.57. The van der Waals surface area contributed by atoms with Gasteiger partial charge in [0.15, 0.2) is 33.7 Å². The van der Waals surface area contributed by atoms with E-state index in [4.69, 9.17) is 22.4 Å². The second kappa shape index (κ2) is 15.3. The van der Waals surface area contributed by atoms with Gasteiger partial charge in [0.25, 0.3) is 0 Å². The number of carbonyl (C=O) groups is 5. The lowest BCUT2D eigenvalue weighted by Gasteiger charge is -2.14. The summed E-state index contributed by atoms with van der Waals surface area (Å²) in [6.45, 7) is 0. The van der Waals surface area contributed by atoms with E-state index < -0.39 is 67.9 Å². The minimum Gasteiger partial charge on any atom is -0.741 e. The van der Waals surface area contributed by atoms with Crippen LogP contribution in [-0.4, -0.2) is 98.0 Å². The number of methoxy groups -OCH3 is 5. The van der Waals surface area contributed by atoms with Crippen LogP contribution in [-0.2, 0) is 57.8 Å². The van der Waals surface area contributed by atoms with E-state index in [0.717, 1.165) is 45.8 Å². The molecule has 0 radical (unpaired) electrons. The summed E-state index contributed by atoms with van der Waals surface area (Å²) in [5.41, 5.74) is -8.13. The predicted octanol–water partition coefficient (Wildman–Crippen LogP) is -0.536. The first-order valence-corrected chi connectivity index (χ1v) is 11.9. The van der Waals surface area contributed by atoms with Crippen LogP contribution in [0.25, 0.3) is 5.70 Å². The fraction of sp³-hybridized carbons (Fsp3) is 0.364. The zero-order valence-electron chi connectivity index (χ0n) is 22.6.